The van der Waals surface area contributed by atoms with Gasteiger partial charge in [0.1, 0.15) is 5.82 Å². The highest BCUT2D eigenvalue weighted by atomic mass is 16.3. The molecule has 3 heteroatoms. The molecule has 66 valence electrons. The fourth-order valence-corrected chi connectivity index (χ4v) is 1.18. The molecular weight excluding hydrogens is 164 g/mol. The van der Waals surface area contributed by atoms with E-state index in [0.29, 0.717) is 0 Å². The van der Waals surface area contributed by atoms with Crippen LogP contribution in [0.1, 0.15) is 5.56 Å². The minimum Gasteiger partial charge on any atom is -0.392 e. The third-order valence-corrected chi connectivity index (χ3v) is 1.85. The van der Waals surface area contributed by atoms with E-state index >= 15 is 0 Å². The van der Waals surface area contributed by atoms with Gasteiger partial charge in [0.2, 0.25) is 0 Å². The van der Waals surface area contributed by atoms with Crippen molar-refractivity contribution in [2.75, 3.05) is 0 Å². The number of nitrogens with zero attached hydrogens (tertiary/aromatic N) is 2. The minimum absolute atomic E-state index is 0.0693. The first-order valence-corrected chi connectivity index (χ1v) is 4.09. The Bertz CT molecular complexity index is 381. The van der Waals surface area contributed by atoms with Crippen molar-refractivity contribution in [2.24, 2.45) is 0 Å². The van der Waals surface area contributed by atoms with Crippen LogP contribution in [0.15, 0.2) is 42.9 Å². The molecule has 0 saturated carbocycles. The fourth-order valence-electron chi connectivity index (χ4n) is 1.18. The van der Waals surface area contributed by atoms with Crippen LogP contribution in [0.5, 0.6) is 0 Å². The summed E-state index contributed by atoms with van der Waals surface area (Å²) in [5.74, 6) is 0.863. The second-order valence-electron chi connectivity index (χ2n) is 2.77. The summed E-state index contributed by atoms with van der Waals surface area (Å²) in [4.78, 5) is 4.18. The van der Waals surface area contributed by atoms with Crippen molar-refractivity contribution >= 4 is 0 Å². The van der Waals surface area contributed by atoms with Crippen molar-refractivity contribution in [3.8, 4) is 5.82 Å². The molecule has 2 aromatic rings. The molecule has 0 aliphatic carbocycles. The maximum atomic E-state index is 8.86. The number of aliphatic hydroxyl groups is 1. The van der Waals surface area contributed by atoms with E-state index in [1.807, 2.05) is 41.2 Å². The molecule has 13 heavy (non-hydrogen) atoms. The van der Waals surface area contributed by atoms with Gasteiger partial charge in [-0.25, -0.2) is 4.98 Å². The maximum Gasteiger partial charge on any atom is 0.136 e. The highest BCUT2D eigenvalue weighted by Crippen LogP contribution is 2.07. The predicted octanol–water partition coefficient (Wildman–Crippen LogP) is 1.36. The van der Waals surface area contributed by atoms with E-state index in [0.717, 1.165) is 11.4 Å². The first kappa shape index (κ1) is 8.01. The Hall–Kier alpha value is -1.61. The maximum absolute atomic E-state index is 8.86. The van der Waals surface area contributed by atoms with E-state index < -0.39 is 0 Å². The lowest BCUT2D eigenvalue weighted by atomic mass is 10.4. The molecule has 2 heterocycles. The lowest BCUT2D eigenvalue weighted by molar-refractivity contribution is 0.282. The molecule has 0 fully saturated rings. The van der Waals surface area contributed by atoms with Gasteiger partial charge in [-0.1, -0.05) is 6.07 Å². The SMILES string of the molecule is OCc1ccn(-c2ccccn2)c1. The van der Waals surface area contributed by atoms with Crippen LogP contribution in [0, 0.1) is 0 Å². The molecule has 3 nitrogen and oxygen atoms in total. The molecule has 0 aliphatic heterocycles. The molecular formula is C10H10N2O. The molecule has 0 spiro atoms. The Kier molecular flexibility index (Phi) is 2.10. The Balaban J connectivity index is 2.36. The summed E-state index contributed by atoms with van der Waals surface area (Å²) in [6, 6.07) is 7.59. The van der Waals surface area contributed by atoms with Crippen molar-refractivity contribution < 1.29 is 5.11 Å². The van der Waals surface area contributed by atoms with Crippen LogP contribution >= 0.6 is 0 Å². The third kappa shape index (κ3) is 1.60. The number of hydrogen-bond acceptors (Lipinski definition) is 2. The molecule has 0 radical (unpaired) electrons. The van der Waals surface area contributed by atoms with Gasteiger partial charge < -0.3 is 9.67 Å². The van der Waals surface area contributed by atoms with E-state index in [9.17, 15) is 0 Å². The number of aromatic nitrogens is 2. The summed E-state index contributed by atoms with van der Waals surface area (Å²) < 4.78 is 1.88. The van der Waals surface area contributed by atoms with Crippen molar-refractivity contribution in [3.63, 3.8) is 0 Å². The number of hydrogen-bond donors (Lipinski definition) is 1. The standard InChI is InChI=1S/C10H10N2O/c13-8-9-4-6-12(7-9)10-3-1-2-5-11-10/h1-7,13H,8H2. The quantitative estimate of drug-likeness (QED) is 0.746. The lowest BCUT2D eigenvalue weighted by Crippen LogP contribution is -1.92. The predicted molar refractivity (Wildman–Crippen MR) is 49.5 cm³/mol. The van der Waals surface area contributed by atoms with Crippen LogP contribution in [-0.2, 0) is 6.61 Å². The number of pyridine rings is 1. The molecule has 0 aliphatic rings. The Morgan fingerprint density at radius 3 is 2.85 bits per heavy atom. The largest absolute Gasteiger partial charge is 0.392 e. The summed E-state index contributed by atoms with van der Waals surface area (Å²) >= 11 is 0. The summed E-state index contributed by atoms with van der Waals surface area (Å²) in [5, 5.41) is 8.86. The molecule has 0 amide bonds. The van der Waals surface area contributed by atoms with E-state index in [4.69, 9.17) is 5.11 Å². The molecule has 0 unspecified atom stereocenters. The van der Waals surface area contributed by atoms with Gasteiger partial charge in [0, 0.05) is 18.6 Å². The van der Waals surface area contributed by atoms with Crippen molar-refractivity contribution in [3.05, 3.63) is 48.4 Å². The normalized spacial score (nSPS) is 10.2. The molecule has 1 N–H and O–H groups in total. The number of rotatable bonds is 2. The van der Waals surface area contributed by atoms with E-state index in [-0.39, 0.29) is 6.61 Å². The van der Waals surface area contributed by atoms with Gasteiger partial charge in [0.15, 0.2) is 0 Å². The van der Waals surface area contributed by atoms with E-state index in [1.165, 1.54) is 0 Å². The minimum atomic E-state index is 0.0693. The van der Waals surface area contributed by atoms with Gasteiger partial charge in [-0.2, -0.15) is 0 Å². The van der Waals surface area contributed by atoms with Gasteiger partial charge in [0.25, 0.3) is 0 Å². The van der Waals surface area contributed by atoms with Gasteiger partial charge in [0.05, 0.1) is 6.61 Å². The second kappa shape index (κ2) is 3.41. The Labute approximate surface area is 76.3 Å². The van der Waals surface area contributed by atoms with Gasteiger partial charge in [-0.15, -0.1) is 0 Å². The van der Waals surface area contributed by atoms with Crippen LogP contribution in [0.4, 0.5) is 0 Å². The first-order chi connectivity index (χ1) is 6.40. The Morgan fingerprint density at radius 2 is 2.23 bits per heavy atom. The molecule has 0 bridgehead atoms. The van der Waals surface area contributed by atoms with Crippen molar-refractivity contribution in [2.45, 2.75) is 6.61 Å². The van der Waals surface area contributed by atoms with Crippen molar-refractivity contribution in [1.29, 1.82) is 0 Å². The summed E-state index contributed by atoms with van der Waals surface area (Å²) in [7, 11) is 0. The number of aliphatic hydroxyl groups excluding tert-OH is 1. The summed E-state index contributed by atoms with van der Waals surface area (Å²) in [6.45, 7) is 0.0693. The summed E-state index contributed by atoms with van der Waals surface area (Å²) in [5.41, 5.74) is 0.894. The first-order valence-electron chi connectivity index (χ1n) is 4.09. The molecule has 0 atom stereocenters. The highest BCUT2D eigenvalue weighted by Gasteiger charge is 1.97. The van der Waals surface area contributed by atoms with E-state index in [2.05, 4.69) is 4.98 Å². The smallest absolute Gasteiger partial charge is 0.136 e. The second-order valence-corrected chi connectivity index (χ2v) is 2.77. The highest BCUT2D eigenvalue weighted by molar-refractivity contribution is 5.25. The van der Waals surface area contributed by atoms with E-state index in [1.54, 1.807) is 6.20 Å². The summed E-state index contributed by atoms with van der Waals surface area (Å²) in [6.07, 6.45) is 5.49. The molecule has 2 aromatic heterocycles. The third-order valence-electron chi connectivity index (χ3n) is 1.85. The van der Waals surface area contributed by atoms with Gasteiger partial charge in [-0.05, 0) is 23.8 Å². The molecule has 2 rings (SSSR count). The van der Waals surface area contributed by atoms with Gasteiger partial charge >= 0.3 is 0 Å². The molecule has 0 aromatic carbocycles. The van der Waals surface area contributed by atoms with Crippen LogP contribution < -0.4 is 0 Å². The Morgan fingerprint density at radius 1 is 1.31 bits per heavy atom. The average Bonchev–Trinajstić information content (AvgIpc) is 2.67. The van der Waals surface area contributed by atoms with Crippen LogP contribution in [-0.4, -0.2) is 14.7 Å². The van der Waals surface area contributed by atoms with Gasteiger partial charge in [-0.3, -0.25) is 0 Å². The topological polar surface area (TPSA) is 38.0 Å². The zero-order valence-corrected chi connectivity index (χ0v) is 7.09. The lowest BCUT2D eigenvalue weighted by Gasteiger charge is -1.98. The van der Waals surface area contributed by atoms with Crippen LogP contribution in [0.2, 0.25) is 0 Å². The molecule has 0 saturated heterocycles. The van der Waals surface area contributed by atoms with Crippen molar-refractivity contribution in [1.82, 2.24) is 9.55 Å². The fraction of sp³-hybridized carbons (Fsp3) is 0.100. The monoisotopic (exact) mass is 174 g/mol. The van der Waals surface area contributed by atoms with Crippen LogP contribution in [0.25, 0.3) is 5.82 Å². The average molecular weight is 174 g/mol. The van der Waals surface area contributed by atoms with Crippen LogP contribution in [0.3, 0.4) is 0 Å². The zero-order chi connectivity index (χ0) is 9.10. The zero-order valence-electron chi connectivity index (χ0n) is 7.09.